The summed E-state index contributed by atoms with van der Waals surface area (Å²) in [6.07, 6.45) is 0.206. The first kappa shape index (κ1) is 20.1. The summed E-state index contributed by atoms with van der Waals surface area (Å²) in [5, 5.41) is 21.8. The van der Waals surface area contributed by atoms with Crippen LogP contribution >= 0.6 is 23.2 Å². The van der Waals surface area contributed by atoms with Gasteiger partial charge in [-0.2, -0.15) is 0 Å². The van der Waals surface area contributed by atoms with Gasteiger partial charge in [0.1, 0.15) is 0 Å². The van der Waals surface area contributed by atoms with Gasteiger partial charge < -0.3 is 5.11 Å². The molecule has 27 heavy (non-hydrogen) atoms. The lowest BCUT2D eigenvalue weighted by molar-refractivity contribution is -0.168. The van der Waals surface area contributed by atoms with Gasteiger partial charge in [0, 0.05) is 23.1 Å². The lowest BCUT2D eigenvalue weighted by Gasteiger charge is -2.30. The number of likely N-dealkylation sites (tertiary alicyclic amines) is 1. The lowest BCUT2D eigenvalue weighted by atomic mass is 10.0. The molecule has 2 N–H and O–H groups in total. The molecule has 1 aliphatic heterocycles. The Morgan fingerprint density at radius 2 is 1.81 bits per heavy atom. The van der Waals surface area contributed by atoms with E-state index < -0.39 is 5.91 Å². The highest BCUT2D eigenvalue weighted by Crippen LogP contribution is 2.28. The molecule has 0 aliphatic carbocycles. The molecule has 7 heteroatoms. The maximum atomic E-state index is 12.6. The Bertz CT molecular complexity index is 768. The van der Waals surface area contributed by atoms with Crippen molar-refractivity contribution in [1.29, 1.82) is 0 Å². The molecule has 0 radical (unpaired) electrons. The minimum Gasteiger partial charge on any atom is -0.392 e. The van der Waals surface area contributed by atoms with Gasteiger partial charge >= 0.3 is 0 Å². The molecule has 1 saturated heterocycles. The number of benzene rings is 2. The summed E-state index contributed by atoms with van der Waals surface area (Å²) < 4.78 is 0. The Kier molecular flexibility index (Phi) is 6.73. The number of hydrogen-bond donors (Lipinski definition) is 2. The summed E-state index contributed by atoms with van der Waals surface area (Å²) in [5.41, 5.74) is 1.48. The highest BCUT2D eigenvalue weighted by Gasteiger charge is 2.30. The topological polar surface area (TPSA) is 64.0 Å². The van der Waals surface area contributed by atoms with Crippen molar-refractivity contribution in [2.75, 3.05) is 19.6 Å². The number of aliphatic hydroxyl groups is 1. The van der Waals surface area contributed by atoms with Crippen LogP contribution in [0.3, 0.4) is 0 Å². The molecule has 1 heterocycles. The maximum Gasteiger partial charge on any atom is 0.250 e. The van der Waals surface area contributed by atoms with Crippen LogP contribution in [0.25, 0.3) is 0 Å². The van der Waals surface area contributed by atoms with Crippen LogP contribution in [-0.4, -0.2) is 51.9 Å². The van der Waals surface area contributed by atoms with Gasteiger partial charge in [0.2, 0.25) is 0 Å². The Hall–Kier alpha value is -1.63. The van der Waals surface area contributed by atoms with Crippen LogP contribution in [0, 0.1) is 0 Å². The standard InChI is InChI=1S/C20H22Cl2N2O3/c21-17-7-4-8-18(22)16(17)11-20(26)24(27)13-19(14-5-2-1-3-6-14)23-10-9-15(25)12-23/h1-8,15,19,25,27H,9-13H2/t15-,19-/m0/s1. The zero-order chi connectivity index (χ0) is 19.4. The second-order valence-electron chi connectivity index (χ2n) is 6.72. The third-order valence-electron chi connectivity index (χ3n) is 4.84. The predicted octanol–water partition coefficient (Wildman–Crippen LogP) is 3.56. The zero-order valence-corrected chi connectivity index (χ0v) is 16.3. The van der Waals surface area contributed by atoms with Crippen LogP contribution in [0.2, 0.25) is 10.0 Å². The minimum absolute atomic E-state index is 0.0842. The van der Waals surface area contributed by atoms with Crippen molar-refractivity contribution >= 4 is 29.1 Å². The number of nitrogens with zero attached hydrogens (tertiary/aromatic N) is 2. The normalized spacial score (nSPS) is 18.4. The van der Waals surface area contributed by atoms with Gasteiger partial charge in [0.05, 0.1) is 25.1 Å². The third kappa shape index (κ3) is 5.00. The molecule has 144 valence electrons. The number of rotatable bonds is 6. The van der Waals surface area contributed by atoms with Crippen molar-refractivity contribution in [2.45, 2.75) is 25.0 Å². The molecule has 0 spiro atoms. The van der Waals surface area contributed by atoms with Crippen molar-refractivity contribution in [3.05, 3.63) is 69.7 Å². The van der Waals surface area contributed by atoms with E-state index in [2.05, 4.69) is 4.90 Å². The number of hydrogen-bond acceptors (Lipinski definition) is 4. The lowest BCUT2D eigenvalue weighted by Crippen LogP contribution is -2.39. The van der Waals surface area contributed by atoms with Crippen LogP contribution in [0.5, 0.6) is 0 Å². The summed E-state index contributed by atoms with van der Waals surface area (Å²) in [5.74, 6) is -0.481. The monoisotopic (exact) mass is 408 g/mol. The number of β-amino-alcohol motifs (C(OH)–C–C–N with tert-alkyl or cyclic N) is 1. The van der Waals surface area contributed by atoms with E-state index in [1.807, 2.05) is 30.3 Å². The number of hydroxylamine groups is 2. The van der Waals surface area contributed by atoms with Gasteiger partial charge in [-0.05, 0) is 29.7 Å². The zero-order valence-electron chi connectivity index (χ0n) is 14.8. The van der Waals surface area contributed by atoms with E-state index in [1.165, 1.54) is 0 Å². The van der Waals surface area contributed by atoms with Crippen LogP contribution in [0.15, 0.2) is 48.5 Å². The summed E-state index contributed by atoms with van der Waals surface area (Å²) in [6.45, 7) is 1.31. The molecule has 0 aromatic heterocycles. The van der Waals surface area contributed by atoms with Gasteiger partial charge in [-0.25, -0.2) is 5.06 Å². The summed E-state index contributed by atoms with van der Waals surface area (Å²) in [4.78, 5) is 14.6. The van der Waals surface area contributed by atoms with E-state index in [-0.39, 0.29) is 25.1 Å². The molecule has 2 atom stereocenters. The average Bonchev–Trinajstić information content (AvgIpc) is 3.09. The molecule has 1 amide bonds. The molecule has 0 saturated carbocycles. The molecule has 2 aromatic carbocycles. The van der Waals surface area contributed by atoms with Gasteiger partial charge in [0.25, 0.3) is 5.91 Å². The molecular weight excluding hydrogens is 387 g/mol. The molecule has 1 fully saturated rings. The number of carbonyl (C=O) groups excluding carboxylic acids is 1. The minimum atomic E-state index is -0.481. The molecule has 0 unspecified atom stereocenters. The first-order valence-electron chi connectivity index (χ1n) is 8.85. The average molecular weight is 409 g/mol. The molecular formula is C20H22Cl2N2O3. The Balaban J connectivity index is 1.74. The second kappa shape index (κ2) is 9.04. The summed E-state index contributed by atoms with van der Waals surface area (Å²) in [6, 6.07) is 14.5. The molecule has 5 nitrogen and oxygen atoms in total. The second-order valence-corrected chi connectivity index (χ2v) is 7.53. The summed E-state index contributed by atoms with van der Waals surface area (Å²) >= 11 is 12.3. The fourth-order valence-electron chi connectivity index (χ4n) is 3.37. The van der Waals surface area contributed by atoms with Crippen LogP contribution < -0.4 is 0 Å². The molecule has 0 bridgehead atoms. The predicted molar refractivity (Wildman–Crippen MR) is 105 cm³/mol. The molecule has 2 aromatic rings. The maximum absolute atomic E-state index is 12.6. The van der Waals surface area contributed by atoms with Gasteiger partial charge in [-0.15, -0.1) is 0 Å². The third-order valence-corrected chi connectivity index (χ3v) is 5.55. The van der Waals surface area contributed by atoms with Gasteiger partial charge in [-0.1, -0.05) is 59.6 Å². The van der Waals surface area contributed by atoms with Gasteiger partial charge in [-0.3, -0.25) is 14.9 Å². The fourth-order valence-corrected chi connectivity index (χ4v) is 3.90. The van der Waals surface area contributed by atoms with E-state index in [0.29, 0.717) is 35.1 Å². The van der Waals surface area contributed by atoms with E-state index in [1.54, 1.807) is 18.2 Å². The van der Waals surface area contributed by atoms with Crippen LogP contribution in [0.1, 0.15) is 23.6 Å². The Morgan fingerprint density at radius 3 is 2.41 bits per heavy atom. The number of carbonyl (C=O) groups is 1. The Morgan fingerprint density at radius 1 is 1.15 bits per heavy atom. The highest BCUT2D eigenvalue weighted by molar-refractivity contribution is 6.36. The van der Waals surface area contributed by atoms with Crippen molar-refractivity contribution in [2.24, 2.45) is 0 Å². The number of amides is 1. The molecule has 3 rings (SSSR count). The summed E-state index contributed by atoms with van der Waals surface area (Å²) in [7, 11) is 0. The van der Waals surface area contributed by atoms with Crippen molar-refractivity contribution in [1.82, 2.24) is 9.96 Å². The van der Waals surface area contributed by atoms with Crippen LogP contribution in [-0.2, 0) is 11.2 Å². The number of aliphatic hydroxyl groups excluding tert-OH is 1. The van der Waals surface area contributed by atoms with E-state index in [9.17, 15) is 15.1 Å². The highest BCUT2D eigenvalue weighted by atomic mass is 35.5. The van der Waals surface area contributed by atoms with Crippen molar-refractivity contribution in [3.63, 3.8) is 0 Å². The van der Waals surface area contributed by atoms with Crippen molar-refractivity contribution in [3.8, 4) is 0 Å². The SMILES string of the molecule is O=C(Cc1c(Cl)cccc1Cl)N(O)C[C@@H](c1ccccc1)N1CC[C@H](O)C1. The van der Waals surface area contributed by atoms with E-state index >= 15 is 0 Å². The quantitative estimate of drug-likeness (QED) is 0.566. The van der Waals surface area contributed by atoms with Gasteiger partial charge in [0.15, 0.2) is 0 Å². The smallest absolute Gasteiger partial charge is 0.250 e. The first-order chi connectivity index (χ1) is 13.0. The fraction of sp³-hybridized carbons (Fsp3) is 0.350. The van der Waals surface area contributed by atoms with Crippen molar-refractivity contribution < 1.29 is 15.1 Å². The number of halogens is 2. The first-order valence-corrected chi connectivity index (χ1v) is 9.60. The molecule has 1 aliphatic rings. The Labute approximate surface area is 168 Å². The van der Waals surface area contributed by atoms with E-state index in [4.69, 9.17) is 23.2 Å². The van der Waals surface area contributed by atoms with E-state index in [0.717, 1.165) is 10.6 Å². The largest absolute Gasteiger partial charge is 0.392 e. The van der Waals surface area contributed by atoms with Crippen LogP contribution in [0.4, 0.5) is 0 Å².